The molecule has 1 N–H and O–H groups in total. The quantitative estimate of drug-likeness (QED) is 0.579. The lowest BCUT2D eigenvalue weighted by atomic mass is 10.1. The number of hydrogen-bond acceptors (Lipinski definition) is 4. The molecule has 4 aromatic rings. The third-order valence-electron chi connectivity index (χ3n) is 3.59. The summed E-state index contributed by atoms with van der Waals surface area (Å²) in [6.07, 6.45) is 5.34. The molecule has 0 spiro atoms. The van der Waals surface area contributed by atoms with Gasteiger partial charge in [0.15, 0.2) is 11.5 Å². The minimum Gasteiger partial charge on any atom is -0.335 e. The SMILES string of the molecule is Cc1cccnc1-c1ccc(-c2nc3ncc(Br)cc3[nH]2)nc1. The van der Waals surface area contributed by atoms with E-state index >= 15 is 0 Å². The standard InChI is InChI=1S/C17H12BrN5/c1-10-3-2-6-19-15(10)11-4-5-13(20-8-11)17-22-14-7-12(18)9-21-16(14)23-17/h2-9H,1H3,(H,21,22,23). The number of halogens is 1. The molecule has 4 aromatic heterocycles. The molecule has 0 aliphatic carbocycles. The lowest BCUT2D eigenvalue weighted by Crippen LogP contribution is -1.90. The fourth-order valence-electron chi connectivity index (χ4n) is 2.46. The Kier molecular flexibility index (Phi) is 3.38. The first-order valence-corrected chi connectivity index (χ1v) is 7.90. The maximum atomic E-state index is 4.51. The number of nitrogens with zero attached hydrogens (tertiary/aromatic N) is 4. The molecule has 4 heterocycles. The summed E-state index contributed by atoms with van der Waals surface area (Å²) in [5.74, 6) is 0.704. The molecule has 0 aromatic carbocycles. The van der Waals surface area contributed by atoms with Gasteiger partial charge in [-0.15, -0.1) is 0 Å². The summed E-state index contributed by atoms with van der Waals surface area (Å²) in [5.41, 5.74) is 5.39. The van der Waals surface area contributed by atoms with E-state index < -0.39 is 0 Å². The van der Waals surface area contributed by atoms with E-state index in [1.807, 2.05) is 43.5 Å². The van der Waals surface area contributed by atoms with Crippen LogP contribution in [-0.4, -0.2) is 24.9 Å². The van der Waals surface area contributed by atoms with E-state index in [4.69, 9.17) is 0 Å². The Morgan fingerprint density at radius 3 is 2.74 bits per heavy atom. The van der Waals surface area contributed by atoms with Gasteiger partial charge in [-0.2, -0.15) is 0 Å². The van der Waals surface area contributed by atoms with E-state index in [-0.39, 0.29) is 0 Å². The molecule has 0 fully saturated rings. The monoisotopic (exact) mass is 365 g/mol. The second-order valence-corrected chi connectivity index (χ2v) is 6.13. The summed E-state index contributed by atoms with van der Waals surface area (Å²) >= 11 is 3.41. The smallest absolute Gasteiger partial charge is 0.178 e. The van der Waals surface area contributed by atoms with Gasteiger partial charge in [0.2, 0.25) is 0 Å². The van der Waals surface area contributed by atoms with Gasteiger partial charge in [-0.1, -0.05) is 6.07 Å². The predicted octanol–water partition coefficient (Wildman–Crippen LogP) is 4.15. The molecule has 0 unspecified atom stereocenters. The normalized spacial score (nSPS) is 11.0. The zero-order chi connectivity index (χ0) is 15.8. The van der Waals surface area contributed by atoms with Gasteiger partial charge in [0, 0.05) is 28.6 Å². The lowest BCUT2D eigenvalue weighted by molar-refractivity contribution is 1.21. The topological polar surface area (TPSA) is 67.3 Å². The van der Waals surface area contributed by atoms with Gasteiger partial charge < -0.3 is 4.98 Å². The van der Waals surface area contributed by atoms with Crippen LogP contribution in [0.25, 0.3) is 33.9 Å². The van der Waals surface area contributed by atoms with Crippen LogP contribution >= 0.6 is 15.9 Å². The average Bonchev–Trinajstić information content (AvgIpc) is 2.98. The van der Waals surface area contributed by atoms with Crippen LogP contribution in [0.15, 0.2) is 53.4 Å². The zero-order valence-corrected chi connectivity index (χ0v) is 13.9. The fourth-order valence-corrected chi connectivity index (χ4v) is 2.79. The van der Waals surface area contributed by atoms with Crippen molar-refractivity contribution < 1.29 is 0 Å². The molecular formula is C17H12BrN5. The van der Waals surface area contributed by atoms with Gasteiger partial charge >= 0.3 is 0 Å². The Bertz CT molecular complexity index is 991. The molecular weight excluding hydrogens is 354 g/mol. The van der Waals surface area contributed by atoms with Crippen LogP contribution in [0.5, 0.6) is 0 Å². The first kappa shape index (κ1) is 14.0. The molecule has 0 radical (unpaired) electrons. The number of rotatable bonds is 2. The highest BCUT2D eigenvalue weighted by Crippen LogP contribution is 2.23. The lowest BCUT2D eigenvalue weighted by Gasteiger charge is -2.04. The fraction of sp³-hybridized carbons (Fsp3) is 0.0588. The van der Waals surface area contributed by atoms with Crippen LogP contribution in [-0.2, 0) is 0 Å². The predicted molar refractivity (Wildman–Crippen MR) is 92.8 cm³/mol. The highest BCUT2D eigenvalue weighted by atomic mass is 79.9. The summed E-state index contributed by atoms with van der Waals surface area (Å²) in [5, 5.41) is 0. The van der Waals surface area contributed by atoms with Gasteiger partial charge in [0.1, 0.15) is 5.69 Å². The van der Waals surface area contributed by atoms with Crippen molar-refractivity contribution in [1.82, 2.24) is 24.9 Å². The summed E-state index contributed by atoms with van der Waals surface area (Å²) in [4.78, 5) is 20.9. The third-order valence-corrected chi connectivity index (χ3v) is 4.03. The maximum absolute atomic E-state index is 4.51. The molecule has 6 heteroatoms. The van der Waals surface area contributed by atoms with Crippen molar-refractivity contribution in [2.45, 2.75) is 6.92 Å². The highest BCUT2D eigenvalue weighted by molar-refractivity contribution is 9.10. The Hall–Kier alpha value is -2.60. The molecule has 112 valence electrons. The molecule has 0 saturated heterocycles. The van der Waals surface area contributed by atoms with Gasteiger partial charge in [-0.25, -0.2) is 9.97 Å². The van der Waals surface area contributed by atoms with Crippen molar-refractivity contribution in [2.75, 3.05) is 0 Å². The van der Waals surface area contributed by atoms with Crippen LogP contribution in [0.2, 0.25) is 0 Å². The van der Waals surface area contributed by atoms with Crippen LogP contribution in [0.1, 0.15) is 5.56 Å². The minimum atomic E-state index is 0.676. The second-order valence-electron chi connectivity index (χ2n) is 5.21. The van der Waals surface area contributed by atoms with Crippen molar-refractivity contribution in [3.05, 3.63) is 59.0 Å². The Balaban J connectivity index is 1.73. The number of imidazole rings is 1. The van der Waals surface area contributed by atoms with E-state index in [1.165, 1.54) is 0 Å². The molecule has 0 aliphatic rings. The van der Waals surface area contributed by atoms with Gasteiger partial charge in [-0.3, -0.25) is 9.97 Å². The number of pyridine rings is 3. The van der Waals surface area contributed by atoms with Gasteiger partial charge in [0.05, 0.1) is 11.2 Å². The van der Waals surface area contributed by atoms with Crippen LogP contribution in [0, 0.1) is 6.92 Å². The molecule has 0 amide bonds. The van der Waals surface area contributed by atoms with E-state index in [0.29, 0.717) is 11.5 Å². The largest absolute Gasteiger partial charge is 0.335 e. The van der Waals surface area contributed by atoms with Crippen molar-refractivity contribution >= 4 is 27.1 Å². The molecule has 0 atom stereocenters. The van der Waals surface area contributed by atoms with E-state index in [2.05, 4.69) is 40.8 Å². The number of aryl methyl sites for hydroxylation is 1. The maximum Gasteiger partial charge on any atom is 0.178 e. The summed E-state index contributed by atoms with van der Waals surface area (Å²) in [6, 6.07) is 9.87. The number of aromatic amines is 1. The van der Waals surface area contributed by atoms with Crippen molar-refractivity contribution in [3.63, 3.8) is 0 Å². The number of aromatic nitrogens is 5. The highest BCUT2D eigenvalue weighted by Gasteiger charge is 2.09. The van der Waals surface area contributed by atoms with Crippen LogP contribution < -0.4 is 0 Å². The van der Waals surface area contributed by atoms with Crippen molar-refractivity contribution in [1.29, 1.82) is 0 Å². The summed E-state index contributed by atoms with van der Waals surface area (Å²) < 4.78 is 0.911. The zero-order valence-electron chi connectivity index (χ0n) is 12.3. The molecule has 0 aliphatic heterocycles. The minimum absolute atomic E-state index is 0.676. The van der Waals surface area contributed by atoms with Crippen LogP contribution in [0.3, 0.4) is 0 Å². The first-order chi connectivity index (χ1) is 11.2. The summed E-state index contributed by atoms with van der Waals surface area (Å²) in [7, 11) is 0. The molecule has 5 nitrogen and oxygen atoms in total. The Labute approximate surface area is 141 Å². The molecule has 0 saturated carbocycles. The number of H-pyrrole nitrogens is 1. The number of fused-ring (bicyclic) bond motifs is 1. The Morgan fingerprint density at radius 1 is 1.04 bits per heavy atom. The average molecular weight is 366 g/mol. The van der Waals surface area contributed by atoms with E-state index in [0.717, 1.165) is 32.5 Å². The second kappa shape index (κ2) is 5.55. The number of hydrogen-bond donors (Lipinski definition) is 1. The summed E-state index contributed by atoms with van der Waals surface area (Å²) in [6.45, 7) is 2.04. The van der Waals surface area contributed by atoms with Gasteiger partial charge in [-0.05, 0) is 52.7 Å². The van der Waals surface area contributed by atoms with Crippen LogP contribution in [0.4, 0.5) is 0 Å². The van der Waals surface area contributed by atoms with Crippen molar-refractivity contribution in [3.8, 4) is 22.8 Å². The van der Waals surface area contributed by atoms with E-state index in [9.17, 15) is 0 Å². The first-order valence-electron chi connectivity index (χ1n) is 7.10. The van der Waals surface area contributed by atoms with E-state index in [1.54, 1.807) is 12.4 Å². The third kappa shape index (κ3) is 2.61. The van der Waals surface area contributed by atoms with Crippen molar-refractivity contribution in [2.24, 2.45) is 0 Å². The molecule has 0 bridgehead atoms. The van der Waals surface area contributed by atoms with Gasteiger partial charge in [0.25, 0.3) is 0 Å². The Morgan fingerprint density at radius 2 is 1.96 bits per heavy atom. The molecule has 4 rings (SSSR count). The molecule has 23 heavy (non-hydrogen) atoms. The number of nitrogens with one attached hydrogen (secondary N) is 1.